The van der Waals surface area contributed by atoms with Gasteiger partial charge in [-0.2, -0.15) is 0 Å². The molecule has 1 atom stereocenters. The number of aromatic nitrogens is 1. The Morgan fingerprint density at radius 1 is 1.18 bits per heavy atom. The first kappa shape index (κ1) is 15.3. The summed E-state index contributed by atoms with van der Waals surface area (Å²) >= 11 is 0. The number of amides is 1. The van der Waals surface area contributed by atoms with Crippen molar-refractivity contribution >= 4 is 11.6 Å². The van der Waals surface area contributed by atoms with E-state index in [1.54, 1.807) is 6.20 Å². The fraction of sp³-hybridized carbons (Fsp3) is 0.667. The highest BCUT2D eigenvalue weighted by atomic mass is 16.2. The molecule has 1 aliphatic heterocycles. The van der Waals surface area contributed by atoms with Crippen molar-refractivity contribution in [1.82, 2.24) is 9.88 Å². The van der Waals surface area contributed by atoms with E-state index in [-0.39, 0.29) is 5.91 Å². The third kappa shape index (κ3) is 3.79. The van der Waals surface area contributed by atoms with Crippen LogP contribution in [0.4, 0.5) is 5.69 Å². The molecule has 1 aromatic heterocycles. The number of piperidine rings is 1. The summed E-state index contributed by atoms with van der Waals surface area (Å²) in [6, 6.07) is 2.51. The molecule has 0 bridgehead atoms. The van der Waals surface area contributed by atoms with Crippen molar-refractivity contribution in [3.63, 3.8) is 0 Å². The molecule has 4 nitrogen and oxygen atoms in total. The fourth-order valence-electron chi connectivity index (χ4n) is 3.67. The Morgan fingerprint density at radius 3 is 2.77 bits per heavy atom. The minimum absolute atomic E-state index is 0.131. The van der Waals surface area contributed by atoms with Crippen LogP contribution in [0.5, 0.6) is 0 Å². The largest absolute Gasteiger partial charge is 0.381 e. The number of carbonyl (C=O) groups excluding carboxylic acids is 1. The Morgan fingerprint density at radius 2 is 2.00 bits per heavy atom. The summed E-state index contributed by atoms with van der Waals surface area (Å²) < 4.78 is 0. The van der Waals surface area contributed by atoms with Crippen molar-refractivity contribution in [2.75, 3.05) is 18.4 Å². The molecule has 2 aliphatic rings. The maximum Gasteiger partial charge on any atom is 0.255 e. The number of likely N-dealkylation sites (tertiary alicyclic amines) is 1. The normalized spacial score (nSPS) is 23.3. The molecule has 1 N–H and O–H groups in total. The molecule has 1 saturated heterocycles. The van der Waals surface area contributed by atoms with Crippen LogP contribution in [-0.2, 0) is 0 Å². The van der Waals surface area contributed by atoms with Crippen molar-refractivity contribution < 1.29 is 4.79 Å². The number of hydrogen-bond donors (Lipinski definition) is 1. The molecule has 2 heterocycles. The van der Waals surface area contributed by atoms with E-state index in [0.717, 1.165) is 30.8 Å². The van der Waals surface area contributed by atoms with Crippen molar-refractivity contribution in [1.29, 1.82) is 0 Å². The number of nitrogens with one attached hydrogen (secondary N) is 1. The van der Waals surface area contributed by atoms with E-state index in [9.17, 15) is 4.79 Å². The van der Waals surface area contributed by atoms with E-state index < -0.39 is 0 Å². The molecule has 1 saturated carbocycles. The highest BCUT2D eigenvalue weighted by Crippen LogP contribution is 2.23. The van der Waals surface area contributed by atoms with Crippen LogP contribution in [0.1, 0.15) is 62.2 Å². The second-order valence-corrected chi connectivity index (χ2v) is 6.94. The van der Waals surface area contributed by atoms with Gasteiger partial charge in [0.25, 0.3) is 5.91 Å². The zero-order valence-corrected chi connectivity index (χ0v) is 13.6. The Labute approximate surface area is 133 Å². The van der Waals surface area contributed by atoms with E-state index in [1.165, 1.54) is 38.5 Å². The van der Waals surface area contributed by atoms with Gasteiger partial charge in [0.15, 0.2) is 0 Å². The van der Waals surface area contributed by atoms with Gasteiger partial charge in [-0.1, -0.05) is 26.2 Å². The topological polar surface area (TPSA) is 45.2 Å². The lowest BCUT2D eigenvalue weighted by molar-refractivity contribution is 0.0682. The summed E-state index contributed by atoms with van der Waals surface area (Å²) in [5, 5.41) is 3.55. The zero-order valence-electron chi connectivity index (χ0n) is 13.6. The molecule has 1 aromatic rings. The van der Waals surface area contributed by atoms with Crippen molar-refractivity contribution in [2.24, 2.45) is 5.92 Å². The first-order chi connectivity index (χ1) is 10.7. The molecule has 0 spiro atoms. The highest BCUT2D eigenvalue weighted by Gasteiger charge is 2.22. The zero-order chi connectivity index (χ0) is 15.4. The van der Waals surface area contributed by atoms with Gasteiger partial charge in [-0.15, -0.1) is 0 Å². The predicted octanol–water partition coefficient (Wildman–Crippen LogP) is 3.70. The molecule has 22 heavy (non-hydrogen) atoms. The summed E-state index contributed by atoms with van der Waals surface area (Å²) in [5.41, 5.74) is 1.71. The molecule has 120 valence electrons. The van der Waals surface area contributed by atoms with Gasteiger partial charge in [0.05, 0.1) is 11.3 Å². The number of nitrogens with zero attached hydrogens (tertiary/aromatic N) is 2. The second kappa shape index (κ2) is 7.12. The average Bonchev–Trinajstić information content (AvgIpc) is 2.55. The Balaban J connectivity index is 1.66. The van der Waals surface area contributed by atoms with Crippen molar-refractivity contribution in [3.05, 3.63) is 24.0 Å². The van der Waals surface area contributed by atoms with Gasteiger partial charge < -0.3 is 10.2 Å². The van der Waals surface area contributed by atoms with Crippen molar-refractivity contribution in [2.45, 2.75) is 57.9 Å². The maximum absolute atomic E-state index is 12.6. The summed E-state index contributed by atoms with van der Waals surface area (Å²) in [4.78, 5) is 18.9. The van der Waals surface area contributed by atoms with Crippen LogP contribution in [0.25, 0.3) is 0 Å². The van der Waals surface area contributed by atoms with Crippen LogP contribution < -0.4 is 5.32 Å². The fourth-order valence-corrected chi connectivity index (χ4v) is 3.67. The number of rotatable bonds is 3. The molecule has 0 radical (unpaired) electrons. The smallest absolute Gasteiger partial charge is 0.255 e. The van der Waals surface area contributed by atoms with Crippen LogP contribution in [0, 0.1) is 5.92 Å². The van der Waals surface area contributed by atoms with Crippen LogP contribution in [0.2, 0.25) is 0 Å². The van der Waals surface area contributed by atoms with Gasteiger partial charge in [0.2, 0.25) is 0 Å². The van der Waals surface area contributed by atoms with Crippen LogP contribution >= 0.6 is 0 Å². The van der Waals surface area contributed by atoms with Gasteiger partial charge >= 0.3 is 0 Å². The minimum Gasteiger partial charge on any atom is -0.381 e. The first-order valence-electron chi connectivity index (χ1n) is 8.73. The van der Waals surface area contributed by atoms with Gasteiger partial charge in [-0.3, -0.25) is 9.78 Å². The highest BCUT2D eigenvalue weighted by molar-refractivity contribution is 5.94. The van der Waals surface area contributed by atoms with E-state index in [4.69, 9.17) is 0 Å². The van der Waals surface area contributed by atoms with Crippen LogP contribution in [0.15, 0.2) is 18.5 Å². The van der Waals surface area contributed by atoms with Gasteiger partial charge in [-0.05, 0) is 37.7 Å². The number of pyridine rings is 1. The maximum atomic E-state index is 12.6. The molecule has 3 rings (SSSR count). The average molecular weight is 301 g/mol. The molecular formula is C18H27N3O. The quantitative estimate of drug-likeness (QED) is 0.926. The standard InChI is InChI=1S/C18H27N3O/c1-14-6-5-9-21(13-14)18(22)15-10-17(12-19-11-15)20-16-7-3-2-4-8-16/h10-12,14,16,20H,2-9,13H2,1H3. The van der Waals surface area contributed by atoms with Crippen LogP contribution in [0.3, 0.4) is 0 Å². The van der Waals surface area contributed by atoms with Gasteiger partial charge in [0.1, 0.15) is 0 Å². The Kier molecular flexibility index (Phi) is 4.96. The van der Waals surface area contributed by atoms with Gasteiger partial charge in [0, 0.05) is 31.5 Å². The first-order valence-corrected chi connectivity index (χ1v) is 8.73. The third-order valence-corrected chi connectivity index (χ3v) is 4.91. The van der Waals surface area contributed by atoms with Crippen LogP contribution in [-0.4, -0.2) is 34.9 Å². The van der Waals surface area contributed by atoms with E-state index in [2.05, 4.69) is 17.2 Å². The lowest BCUT2D eigenvalue weighted by atomic mass is 9.95. The van der Waals surface area contributed by atoms with Crippen molar-refractivity contribution in [3.8, 4) is 0 Å². The lowest BCUT2D eigenvalue weighted by Gasteiger charge is -2.31. The molecule has 0 aromatic carbocycles. The summed E-state index contributed by atoms with van der Waals surface area (Å²) in [6.07, 6.45) is 12.3. The third-order valence-electron chi connectivity index (χ3n) is 4.91. The Hall–Kier alpha value is -1.58. The predicted molar refractivity (Wildman–Crippen MR) is 89.0 cm³/mol. The molecular weight excluding hydrogens is 274 g/mol. The number of hydrogen-bond acceptors (Lipinski definition) is 3. The molecule has 2 fully saturated rings. The molecule has 1 amide bonds. The van der Waals surface area contributed by atoms with E-state index in [0.29, 0.717) is 12.0 Å². The number of anilines is 1. The SMILES string of the molecule is CC1CCCN(C(=O)c2cncc(NC3CCCCC3)c2)C1. The lowest BCUT2D eigenvalue weighted by Crippen LogP contribution is -2.39. The monoisotopic (exact) mass is 301 g/mol. The number of carbonyl (C=O) groups is 1. The van der Waals surface area contributed by atoms with Gasteiger partial charge in [-0.25, -0.2) is 0 Å². The molecule has 4 heteroatoms. The summed E-state index contributed by atoms with van der Waals surface area (Å²) in [5.74, 6) is 0.737. The van der Waals surface area contributed by atoms with E-state index in [1.807, 2.05) is 17.2 Å². The second-order valence-electron chi connectivity index (χ2n) is 6.94. The summed E-state index contributed by atoms with van der Waals surface area (Å²) in [7, 11) is 0. The minimum atomic E-state index is 0.131. The molecule has 1 aliphatic carbocycles. The summed E-state index contributed by atoms with van der Waals surface area (Å²) in [6.45, 7) is 3.97. The molecule has 1 unspecified atom stereocenters. The Bertz CT molecular complexity index is 511. The van der Waals surface area contributed by atoms with E-state index >= 15 is 0 Å².